The van der Waals surface area contributed by atoms with Crippen molar-refractivity contribution in [3.8, 4) is 5.75 Å². The highest BCUT2D eigenvalue weighted by Crippen LogP contribution is 2.24. The molecule has 0 saturated carbocycles. The summed E-state index contributed by atoms with van der Waals surface area (Å²) in [6.45, 7) is -0.460. The molecule has 0 unspecified atom stereocenters. The molecule has 2 aromatic carbocycles. The lowest BCUT2D eigenvalue weighted by molar-refractivity contribution is -0.274. The molecule has 0 radical (unpaired) electrons. The highest BCUT2D eigenvalue weighted by atomic mass is 32.2. The molecule has 0 aliphatic rings. The SMILES string of the molecule is CN(CC(=O)Nc1ccc(OC(F)(F)F)cc1)S(=O)(=O)c1ccccc1. The number of carbonyl (C=O) groups excluding carboxylic acids is 1. The van der Waals surface area contributed by atoms with Crippen molar-refractivity contribution in [1.82, 2.24) is 4.31 Å². The number of nitrogens with zero attached hydrogens (tertiary/aromatic N) is 1. The van der Waals surface area contributed by atoms with Gasteiger partial charge in [0.15, 0.2) is 0 Å². The number of amides is 1. The van der Waals surface area contributed by atoms with Crippen LogP contribution < -0.4 is 10.1 Å². The van der Waals surface area contributed by atoms with E-state index in [2.05, 4.69) is 10.1 Å². The van der Waals surface area contributed by atoms with E-state index < -0.39 is 34.6 Å². The van der Waals surface area contributed by atoms with E-state index in [-0.39, 0.29) is 10.6 Å². The van der Waals surface area contributed by atoms with E-state index in [4.69, 9.17) is 0 Å². The second-order valence-electron chi connectivity index (χ2n) is 5.19. The van der Waals surface area contributed by atoms with E-state index in [9.17, 15) is 26.4 Å². The monoisotopic (exact) mass is 388 g/mol. The number of hydrogen-bond donors (Lipinski definition) is 1. The Morgan fingerprint density at radius 2 is 1.65 bits per heavy atom. The largest absolute Gasteiger partial charge is 0.573 e. The standard InChI is InChI=1S/C16H15F3N2O4S/c1-21(26(23,24)14-5-3-2-4-6-14)11-15(22)20-12-7-9-13(10-8-12)25-16(17,18)19/h2-10H,11H2,1H3,(H,20,22). The van der Waals surface area contributed by atoms with Gasteiger partial charge in [-0.05, 0) is 36.4 Å². The van der Waals surface area contributed by atoms with Gasteiger partial charge < -0.3 is 10.1 Å². The second kappa shape index (κ2) is 7.75. The maximum absolute atomic E-state index is 12.3. The average Bonchev–Trinajstić information content (AvgIpc) is 2.56. The Hall–Kier alpha value is -2.59. The molecule has 26 heavy (non-hydrogen) atoms. The van der Waals surface area contributed by atoms with Crippen molar-refractivity contribution in [3.63, 3.8) is 0 Å². The number of sulfonamides is 1. The molecule has 0 aliphatic heterocycles. The molecule has 6 nitrogen and oxygen atoms in total. The Labute approximate surface area is 148 Å². The van der Waals surface area contributed by atoms with Gasteiger partial charge in [-0.15, -0.1) is 13.2 Å². The normalized spacial score (nSPS) is 12.0. The summed E-state index contributed by atoms with van der Waals surface area (Å²) in [7, 11) is -2.57. The maximum atomic E-state index is 12.3. The Balaban J connectivity index is 1.98. The number of nitrogens with one attached hydrogen (secondary N) is 1. The molecule has 10 heteroatoms. The number of rotatable bonds is 6. The molecular weight excluding hydrogens is 373 g/mol. The van der Waals surface area contributed by atoms with E-state index in [0.29, 0.717) is 0 Å². The first-order valence-corrected chi connectivity index (χ1v) is 8.69. The summed E-state index contributed by atoms with van der Waals surface area (Å²) in [6, 6.07) is 12.1. The number of carbonyl (C=O) groups is 1. The van der Waals surface area contributed by atoms with Crippen LogP contribution in [0.25, 0.3) is 0 Å². The third-order valence-electron chi connectivity index (χ3n) is 3.19. The molecule has 0 aliphatic carbocycles. The Morgan fingerprint density at radius 3 is 2.19 bits per heavy atom. The van der Waals surface area contributed by atoms with Gasteiger partial charge in [0.2, 0.25) is 15.9 Å². The topological polar surface area (TPSA) is 75.7 Å². The predicted molar refractivity (Wildman–Crippen MR) is 88.0 cm³/mol. The van der Waals surface area contributed by atoms with Crippen LogP contribution in [-0.2, 0) is 14.8 Å². The van der Waals surface area contributed by atoms with Crippen LogP contribution in [-0.4, -0.2) is 38.6 Å². The fourth-order valence-electron chi connectivity index (χ4n) is 2.00. The molecule has 140 valence electrons. The van der Waals surface area contributed by atoms with E-state index >= 15 is 0 Å². The number of hydrogen-bond acceptors (Lipinski definition) is 4. The number of benzene rings is 2. The van der Waals surface area contributed by atoms with E-state index in [1.54, 1.807) is 18.2 Å². The fourth-order valence-corrected chi connectivity index (χ4v) is 3.15. The van der Waals surface area contributed by atoms with Crippen molar-refractivity contribution in [2.45, 2.75) is 11.3 Å². The third kappa shape index (κ3) is 5.46. The molecule has 1 amide bonds. The van der Waals surface area contributed by atoms with Crippen LogP contribution in [0.15, 0.2) is 59.5 Å². The van der Waals surface area contributed by atoms with Crippen molar-refractivity contribution in [2.24, 2.45) is 0 Å². The summed E-state index contributed by atoms with van der Waals surface area (Å²) in [5.74, 6) is -1.07. The van der Waals surface area contributed by atoms with Crippen molar-refractivity contribution in [1.29, 1.82) is 0 Å². The summed E-state index contributed by atoms with van der Waals surface area (Å²) in [4.78, 5) is 12.0. The summed E-state index contributed by atoms with van der Waals surface area (Å²) < 4.78 is 65.5. The Kier molecular flexibility index (Phi) is 5.88. The average molecular weight is 388 g/mol. The minimum absolute atomic E-state index is 0.0453. The maximum Gasteiger partial charge on any atom is 0.573 e. The van der Waals surface area contributed by atoms with Gasteiger partial charge in [0.25, 0.3) is 0 Å². The first-order chi connectivity index (χ1) is 12.1. The third-order valence-corrected chi connectivity index (χ3v) is 5.01. The quantitative estimate of drug-likeness (QED) is 0.826. The highest BCUT2D eigenvalue weighted by Gasteiger charge is 2.31. The van der Waals surface area contributed by atoms with Gasteiger partial charge in [-0.2, -0.15) is 4.31 Å². The molecule has 0 spiro atoms. The lowest BCUT2D eigenvalue weighted by Crippen LogP contribution is -2.34. The minimum atomic E-state index is -4.81. The number of alkyl halides is 3. The molecular formula is C16H15F3N2O4S. The van der Waals surface area contributed by atoms with Crippen LogP contribution in [0, 0.1) is 0 Å². The molecule has 0 aromatic heterocycles. The molecule has 0 bridgehead atoms. The lowest BCUT2D eigenvalue weighted by Gasteiger charge is -2.17. The number of anilines is 1. The van der Waals surface area contributed by atoms with Gasteiger partial charge in [0, 0.05) is 12.7 Å². The van der Waals surface area contributed by atoms with Gasteiger partial charge in [-0.1, -0.05) is 18.2 Å². The zero-order valence-corrected chi connectivity index (χ0v) is 14.3. The van der Waals surface area contributed by atoms with Gasteiger partial charge in [-0.25, -0.2) is 8.42 Å². The van der Waals surface area contributed by atoms with Crippen molar-refractivity contribution < 1.29 is 31.1 Å². The first kappa shape index (κ1) is 19.7. The smallest absolute Gasteiger partial charge is 0.406 e. The number of ether oxygens (including phenoxy) is 1. The number of halogens is 3. The fraction of sp³-hybridized carbons (Fsp3) is 0.188. The first-order valence-electron chi connectivity index (χ1n) is 7.25. The molecule has 2 aromatic rings. The highest BCUT2D eigenvalue weighted by molar-refractivity contribution is 7.89. The summed E-state index contributed by atoms with van der Waals surface area (Å²) in [5.41, 5.74) is 0.204. The van der Waals surface area contributed by atoms with Crippen LogP contribution in [0.4, 0.5) is 18.9 Å². The summed E-state index contributed by atoms with van der Waals surface area (Å²) >= 11 is 0. The van der Waals surface area contributed by atoms with Crippen molar-refractivity contribution >= 4 is 21.6 Å². The van der Waals surface area contributed by atoms with E-state index in [1.165, 1.54) is 31.3 Å². The number of likely N-dealkylation sites (N-methyl/N-ethyl adjacent to an activating group) is 1. The lowest BCUT2D eigenvalue weighted by atomic mass is 10.3. The zero-order chi connectivity index (χ0) is 19.4. The molecule has 0 atom stereocenters. The zero-order valence-electron chi connectivity index (χ0n) is 13.5. The molecule has 0 fully saturated rings. The molecule has 0 heterocycles. The predicted octanol–water partition coefficient (Wildman–Crippen LogP) is 2.84. The van der Waals surface area contributed by atoms with Crippen molar-refractivity contribution in [3.05, 3.63) is 54.6 Å². The second-order valence-corrected chi connectivity index (χ2v) is 7.24. The van der Waals surface area contributed by atoms with E-state index in [1.807, 2.05) is 0 Å². The van der Waals surface area contributed by atoms with E-state index in [0.717, 1.165) is 16.4 Å². The Morgan fingerprint density at radius 1 is 1.08 bits per heavy atom. The van der Waals surface area contributed by atoms with Gasteiger partial charge in [0.1, 0.15) is 5.75 Å². The van der Waals surface area contributed by atoms with Crippen LogP contribution in [0.5, 0.6) is 5.75 Å². The summed E-state index contributed by atoms with van der Waals surface area (Å²) in [6.07, 6.45) is -4.81. The Bertz CT molecular complexity index is 853. The minimum Gasteiger partial charge on any atom is -0.406 e. The van der Waals surface area contributed by atoms with Gasteiger partial charge >= 0.3 is 6.36 Å². The van der Waals surface area contributed by atoms with Crippen molar-refractivity contribution in [2.75, 3.05) is 18.9 Å². The molecule has 2 rings (SSSR count). The summed E-state index contributed by atoms with van der Waals surface area (Å²) in [5, 5.41) is 2.40. The van der Waals surface area contributed by atoms with Crippen LogP contribution in [0.2, 0.25) is 0 Å². The van der Waals surface area contributed by atoms with Crippen LogP contribution in [0.1, 0.15) is 0 Å². The molecule has 0 saturated heterocycles. The van der Waals surface area contributed by atoms with Crippen LogP contribution >= 0.6 is 0 Å². The van der Waals surface area contributed by atoms with Gasteiger partial charge in [0.05, 0.1) is 11.4 Å². The molecule has 1 N–H and O–H groups in total. The van der Waals surface area contributed by atoms with Crippen LogP contribution in [0.3, 0.4) is 0 Å². The van der Waals surface area contributed by atoms with Gasteiger partial charge in [-0.3, -0.25) is 4.79 Å².